The molecule has 0 fully saturated rings. The number of nitrogens with zero attached hydrogens (tertiary/aromatic N) is 4. The summed E-state index contributed by atoms with van der Waals surface area (Å²) in [7, 11) is 1.76. The Kier molecular flexibility index (Phi) is 3.83. The normalized spacial score (nSPS) is 10.6. The highest BCUT2D eigenvalue weighted by atomic mass is 35.5. The van der Waals surface area contributed by atoms with Crippen molar-refractivity contribution in [2.75, 3.05) is 5.75 Å². The van der Waals surface area contributed by atoms with Crippen molar-refractivity contribution < 1.29 is 9.90 Å². The Morgan fingerprint density at radius 2 is 2.28 bits per heavy atom. The van der Waals surface area contributed by atoms with E-state index < -0.39 is 5.97 Å². The second-order valence-corrected chi connectivity index (χ2v) is 4.79. The van der Waals surface area contributed by atoms with E-state index in [9.17, 15) is 4.79 Å². The first-order valence-corrected chi connectivity index (χ1v) is 6.30. The molecule has 0 bridgehead atoms. The smallest absolute Gasteiger partial charge is 0.313 e. The lowest BCUT2D eigenvalue weighted by Gasteiger charge is -2.02. The van der Waals surface area contributed by atoms with E-state index in [1.807, 2.05) is 0 Å². The number of halogens is 1. The van der Waals surface area contributed by atoms with E-state index in [1.54, 1.807) is 23.7 Å². The zero-order chi connectivity index (χ0) is 13.1. The third-order valence-corrected chi connectivity index (χ3v) is 3.34. The minimum Gasteiger partial charge on any atom is -0.481 e. The van der Waals surface area contributed by atoms with Gasteiger partial charge in [0.15, 0.2) is 11.0 Å². The first kappa shape index (κ1) is 12.8. The van der Waals surface area contributed by atoms with Crippen molar-refractivity contribution in [2.24, 2.45) is 7.05 Å². The Balaban J connectivity index is 2.25. The zero-order valence-corrected chi connectivity index (χ0v) is 10.9. The van der Waals surface area contributed by atoms with E-state index in [-0.39, 0.29) is 5.75 Å². The van der Waals surface area contributed by atoms with Gasteiger partial charge < -0.3 is 9.67 Å². The Morgan fingerprint density at radius 3 is 2.89 bits per heavy atom. The van der Waals surface area contributed by atoms with Crippen molar-refractivity contribution in [3.63, 3.8) is 0 Å². The Bertz CT molecular complexity index is 570. The number of aliphatic carboxylic acids is 1. The van der Waals surface area contributed by atoms with Crippen LogP contribution in [0.1, 0.15) is 0 Å². The molecule has 0 aromatic carbocycles. The number of hydrogen-bond acceptors (Lipinski definition) is 5. The predicted molar refractivity (Wildman–Crippen MR) is 67.6 cm³/mol. The molecule has 0 aliphatic rings. The molecule has 0 unspecified atom stereocenters. The van der Waals surface area contributed by atoms with Crippen LogP contribution in [0.15, 0.2) is 23.5 Å². The number of rotatable bonds is 4. The molecule has 18 heavy (non-hydrogen) atoms. The lowest BCUT2D eigenvalue weighted by atomic mass is 10.3. The van der Waals surface area contributed by atoms with Crippen molar-refractivity contribution in [3.8, 4) is 11.5 Å². The molecule has 94 valence electrons. The molecule has 0 aliphatic heterocycles. The van der Waals surface area contributed by atoms with E-state index in [1.165, 1.54) is 6.20 Å². The molecule has 2 rings (SSSR count). The molecule has 8 heteroatoms. The van der Waals surface area contributed by atoms with Gasteiger partial charge in [0.05, 0.1) is 10.8 Å². The van der Waals surface area contributed by atoms with E-state index in [2.05, 4.69) is 15.2 Å². The third-order valence-electron chi connectivity index (χ3n) is 2.12. The number of carboxylic acids is 1. The molecule has 0 saturated carbocycles. The monoisotopic (exact) mass is 284 g/mol. The topological polar surface area (TPSA) is 80.9 Å². The summed E-state index contributed by atoms with van der Waals surface area (Å²) in [6.07, 6.45) is 1.52. The number of carboxylic acid groups (broad SMARTS) is 1. The molecule has 2 heterocycles. The fourth-order valence-corrected chi connectivity index (χ4v) is 2.04. The molecule has 0 spiro atoms. The minimum atomic E-state index is -0.894. The lowest BCUT2D eigenvalue weighted by molar-refractivity contribution is -0.133. The van der Waals surface area contributed by atoms with Crippen molar-refractivity contribution in [1.29, 1.82) is 0 Å². The van der Waals surface area contributed by atoms with Crippen LogP contribution in [0.4, 0.5) is 0 Å². The highest BCUT2D eigenvalue weighted by molar-refractivity contribution is 7.99. The summed E-state index contributed by atoms with van der Waals surface area (Å²) in [5, 5.41) is 17.6. The molecule has 0 saturated heterocycles. The number of pyridine rings is 1. The molecular weight excluding hydrogens is 276 g/mol. The summed E-state index contributed by atoms with van der Waals surface area (Å²) in [5.41, 5.74) is 0.636. The van der Waals surface area contributed by atoms with Crippen molar-refractivity contribution in [2.45, 2.75) is 5.16 Å². The molecule has 1 N–H and O–H groups in total. The number of hydrogen-bond donors (Lipinski definition) is 1. The van der Waals surface area contributed by atoms with Crippen LogP contribution in [-0.2, 0) is 11.8 Å². The summed E-state index contributed by atoms with van der Waals surface area (Å²) in [6.45, 7) is 0. The molecule has 2 aromatic heterocycles. The zero-order valence-electron chi connectivity index (χ0n) is 9.37. The van der Waals surface area contributed by atoms with Crippen LogP contribution >= 0.6 is 23.4 Å². The van der Waals surface area contributed by atoms with E-state index in [0.717, 1.165) is 11.8 Å². The molecule has 0 atom stereocenters. The fraction of sp³-hybridized carbons (Fsp3) is 0.200. The van der Waals surface area contributed by atoms with Gasteiger partial charge in [-0.3, -0.25) is 9.78 Å². The van der Waals surface area contributed by atoms with Crippen LogP contribution in [-0.4, -0.2) is 36.6 Å². The molecule has 6 nitrogen and oxygen atoms in total. The average Bonchev–Trinajstić information content (AvgIpc) is 2.69. The van der Waals surface area contributed by atoms with Gasteiger partial charge in [0, 0.05) is 13.2 Å². The van der Waals surface area contributed by atoms with Crippen LogP contribution in [0.3, 0.4) is 0 Å². The largest absolute Gasteiger partial charge is 0.481 e. The maximum atomic E-state index is 10.5. The van der Waals surface area contributed by atoms with Crippen molar-refractivity contribution in [3.05, 3.63) is 23.4 Å². The van der Waals surface area contributed by atoms with Crippen LogP contribution in [0.5, 0.6) is 0 Å². The lowest BCUT2D eigenvalue weighted by Crippen LogP contribution is -2.01. The third kappa shape index (κ3) is 2.80. The van der Waals surface area contributed by atoms with Gasteiger partial charge in [0.1, 0.15) is 5.69 Å². The molecule has 0 amide bonds. The van der Waals surface area contributed by atoms with Gasteiger partial charge in [0.2, 0.25) is 0 Å². The molecule has 2 aromatic rings. The Labute approximate surface area is 112 Å². The maximum absolute atomic E-state index is 10.5. The Morgan fingerprint density at radius 1 is 1.50 bits per heavy atom. The first-order chi connectivity index (χ1) is 8.58. The summed E-state index contributed by atoms with van der Waals surface area (Å²) >= 11 is 6.86. The van der Waals surface area contributed by atoms with Crippen LogP contribution < -0.4 is 0 Å². The number of thioether (sulfide) groups is 1. The van der Waals surface area contributed by atoms with Crippen molar-refractivity contribution in [1.82, 2.24) is 19.7 Å². The SMILES string of the molecule is Cn1c(SCC(=O)O)nnc1-c1ccc(Cl)cn1. The van der Waals surface area contributed by atoms with Gasteiger partial charge in [-0.15, -0.1) is 10.2 Å². The standard InChI is InChI=1S/C10H9ClN4O2S/c1-15-9(7-3-2-6(11)4-12-7)13-14-10(15)18-5-8(16)17/h2-4H,5H2,1H3,(H,16,17). The summed E-state index contributed by atoms with van der Waals surface area (Å²) in [6, 6.07) is 3.45. The average molecular weight is 285 g/mol. The van der Waals surface area contributed by atoms with E-state index in [4.69, 9.17) is 16.7 Å². The highest BCUT2D eigenvalue weighted by Gasteiger charge is 2.13. The van der Waals surface area contributed by atoms with Gasteiger partial charge in [-0.25, -0.2) is 0 Å². The summed E-state index contributed by atoms with van der Waals surface area (Å²) in [4.78, 5) is 14.6. The molecular formula is C10H9ClN4O2S. The summed E-state index contributed by atoms with van der Waals surface area (Å²) < 4.78 is 1.70. The minimum absolute atomic E-state index is 0.0555. The first-order valence-electron chi connectivity index (χ1n) is 4.94. The van der Waals surface area contributed by atoms with Gasteiger partial charge in [-0.1, -0.05) is 23.4 Å². The van der Waals surface area contributed by atoms with Crippen LogP contribution in [0.2, 0.25) is 5.02 Å². The van der Waals surface area contributed by atoms with Gasteiger partial charge in [-0.05, 0) is 12.1 Å². The van der Waals surface area contributed by atoms with E-state index in [0.29, 0.717) is 21.7 Å². The van der Waals surface area contributed by atoms with E-state index >= 15 is 0 Å². The summed E-state index contributed by atoms with van der Waals surface area (Å²) in [5.74, 6) is -0.381. The Hall–Kier alpha value is -1.60. The van der Waals surface area contributed by atoms with Crippen molar-refractivity contribution >= 4 is 29.3 Å². The van der Waals surface area contributed by atoms with Gasteiger partial charge in [-0.2, -0.15) is 0 Å². The highest BCUT2D eigenvalue weighted by Crippen LogP contribution is 2.21. The van der Waals surface area contributed by atoms with Crippen LogP contribution in [0, 0.1) is 0 Å². The quantitative estimate of drug-likeness (QED) is 0.861. The maximum Gasteiger partial charge on any atom is 0.313 e. The molecule has 0 radical (unpaired) electrons. The number of carbonyl (C=O) groups is 1. The predicted octanol–water partition coefficient (Wildman–Crippen LogP) is 1.71. The van der Waals surface area contributed by atoms with Crippen LogP contribution in [0.25, 0.3) is 11.5 Å². The van der Waals surface area contributed by atoms with Gasteiger partial charge in [0.25, 0.3) is 0 Å². The second-order valence-electron chi connectivity index (χ2n) is 3.41. The van der Waals surface area contributed by atoms with Gasteiger partial charge >= 0.3 is 5.97 Å². The second kappa shape index (κ2) is 5.36. The molecule has 0 aliphatic carbocycles. The number of aromatic nitrogens is 4. The fourth-order valence-electron chi connectivity index (χ4n) is 1.30.